The molecule has 8 aromatic carbocycles. The van der Waals surface area contributed by atoms with E-state index in [-0.39, 0.29) is 44.5 Å². The normalized spacial score (nSPS) is 24.6. The molecular formula is C73H62O22. The number of ether oxygens (including phenoxy) is 13. The molecule has 22 heteroatoms. The Hall–Kier alpha value is -10.7. The standard InChI is InChI=1S/C73H62O22/c1-44-55(88-64(75)46-28-12-3-13-29-46)58(91-67(78)49-34-18-6-19-35-49)61(93-69(80)51-38-22-8-23-39-51)72(85-44)95-60-57(90-66(77)48-32-16-5-17-33-48)54(43-84-71(60)82)87-73-62(94-70(81)52-40-24-9-25-41-52)59(92-68(79)50-36-20-7-21-37-50)56(89-65(76)47-30-14-4-15-31-47)53(86-73)42-83-63(74)45-26-10-2-11-27-45/h2-41,44,53-62,71-73,82H,42-43H2,1H3/t44-,53+,54-,55-,56+,57-,58+,59-,60+,61+,62+,71+,72-,73-/m0/s1. The second-order valence-corrected chi connectivity index (χ2v) is 21.9. The van der Waals surface area contributed by atoms with E-state index in [2.05, 4.69) is 0 Å². The molecule has 0 aliphatic carbocycles. The number of aliphatic hydroxyl groups excluding tert-OH is 1. The van der Waals surface area contributed by atoms with Crippen molar-refractivity contribution in [2.75, 3.05) is 13.2 Å². The summed E-state index contributed by atoms with van der Waals surface area (Å²) < 4.78 is 82.3. The summed E-state index contributed by atoms with van der Waals surface area (Å²) in [6, 6.07) is 61.9. The Morgan fingerprint density at radius 3 is 0.947 bits per heavy atom. The maximum absolute atomic E-state index is 14.6. The summed E-state index contributed by atoms with van der Waals surface area (Å²) in [5, 5.41) is 12.2. The van der Waals surface area contributed by atoms with Crippen molar-refractivity contribution in [1.82, 2.24) is 0 Å². The van der Waals surface area contributed by atoms with Crippen molar-refractivity contribution in [2.45, 2.75) is 92.9 Å². The van der Waals surface area contributed by atoms with Crippen LogP contribution < -0.4 is 0 Å². The molecule has 1 N–H and O–H groups in total. The summed E-state index contributed by atoms with van der Waals surface area (Å²) in [5.74, 6) is -7.74. The van der Waals surface area contributed by atoms with Crippen LogP contribution in [0.2, 0.25) is 0 Å². The molecular weight excluding hydrogens is 1230 g/mol. The van der Waals surface area contributed by atoms with Crippen LogP contribution in [0.1, 0.15) is 89.8 Å². The second kappa shape index (κ2) is 31.3. The molecule has 3 aliphatic rings. The minimum atomic E-state index is -2.10. The minimum absolute atomic E-state index is 0.00270. The van der Waals surface area contributed by atoms with E-state index in [0.29, 0.717) is 0 Å². The van der Waals surface area contributed by atoms with E-state index in [1.807, 2.05) is 0 Å². The molecule has 0 radical (unpaired) electrons. The van der Waals surface area contributed by atoms with Crippen LogP contribution in [0, 0.1) is 0 Å². The molecule has 0 unspecified atom stereocenters. The first-order valence-electron chi connectivity index (χ1n) is 30.2. The molecule has 3 saturated heterocycles. The van der Waals surface area contributed by atoms with Gasteiger partial charge < -0.3 is 66.7 Å². The summed E-state index contributed by atoms with van der Waals surface area (Å²) in [4.78, 5) is 115. The smallest absolute Gasteiger partial charge is 0.338 e. The van der Waals surface area contributed by atoms with Crippen LogP contribution in [0.25, 0.3) is 0 Å². The van der Waals surface area contributed by atoms with Gasteiger partial charge in [0.15, 0.2) is 67.7 Å². The molecule has 0 aromatic heterocycles. The largest absolute Gasteiger partial charge is 0.459 e. The number of esters is 8. The van der Waals surface area contributed by atoms with Crippen LogP contribution in [0.3, 0.4) is 0 Å². The summed E-state index contributed by atoms with van der Waals surface area (Å²) in [7, 11) is 0. The molecule has 0 saturated carbocycles. The van der Waals surface area contributed by atoms with Gasteiger partial charge >= 0.3 is 47.8 Å². The zero-order valence-corrected chi connectivity index (χ0v) is 50.6. The van der Waals surface area contributed by atoms with Crippen molar-refractivity contribution in [3.05, 3.63) is 287 Å². The van der Waals surface area contributed by atoms with Gasteiger partial charge in [0.2, 0.25) is 0 Å². The lowest BCUT2D eigenvalue weighted by molar-refractivity contribution is -0.365. The SMILES string of the molecule is C[C@@H]1O[C@@H](O[C@@H]2[C@@H](OC(=O)c3ccccc3)[C@@H](O[C@@H]3O[C@H](COC(=O)c4ccccc4)[C@@H](OC(=O)c4ccccc4)[C@H](OC(=O)c4ccccc4)[C@H]3OC(=O)c3ccccc3)CO[C@H]2O)[C@H](OC(=O)c2ccccc2)[C@H](OC(=O)c2ccccc2)[C@H]1OC(=O)c1ccccc1. The number of carbonyl (C=O) groups is 8. The van der Waals surface area contributed by atoms with Gasteiger partial charge in [-0.25, -0.2) is 38.4 Å². The zero-order valence-electron chi connectivity index (χ0n) is 50.6. The second-order valence-electron chi connectivity index (χ2n) is 21.9. The van der Waals surface area contributed by atoms with Crippen molar-refractivity contribution >= 4 is 47.8 Å². The molecule has 3 heterocycles. The quantitative estimate of drug-likeness (QED) is 0.0519. The predicted octanol–water partition coefficient (Wildman–Crippen LogP) is 9.01. The lowest BCUT2D eigenvalue weighted by Gasteiger charge is -2.48. The van der Waals surface area contributed by atoms with Crippen molar-refractivity contribution in [2.24, 2.45) is 0 Å². The molecule has 11 rings (SSSR count). The monoisotopic (exact) mass is 1290 g/mol. The van der Waals surface area contributed by atoms with E-state index < -0.39 is 147 Å². The first-order chi connectivity index (χ1) is 46.3. The average molecular weight is 1290 g/mol. The fourth-order valence-corrected chi connectivity index (χ4v) is 10.7. The Labute approximate surface area is 543 Å². The molecule has 14 atom stereocenters. The molecule has 95 heavy (non-hydrogen) atoms. The highest BCUT2D eigenvalue weighted by molar-refractivity contribution is 5.93. The summed E-state index contributed by atoms with van der Waals surface area (Å²) in [6.07, 6.45) is -25.7. The van der Waals surface area contributed by atoms with Crippen LogP contribution in [0.15, 0.2) is 243 Å². The molecule has 486 valence electrons. The van der Waals surface area contributed by atoms with E-state index in [9.17, 15) is 43.5 Å². The zero-order chi connectivity index (χ0) is 66.2. The Morgan fingerprint density at radius 1 is 0.326 bits per heavy atom. The predicted molar refractivity (Wildman–Crippen MR) is 331 cm³/mol. The fourth-order valence-electron chi connectivity index (χ4n) is 10.7. The van der Waals surface area contributed by atoms with Crippen molar-refractivity contribution in [3.63, 3.8) is 0 Å². The number of hydrogen-bond donors (Lipinski definition) is 1. The van der Waals surface area contributed by atoms with Crippen LogP contribution in [0.4, 0.5) is 0 Å². The number of aliphatic hydroxyl groups is 1. The number of hydrogen-bond acceptors (Lipinski definition) is 22. The highest BCUT2D eigenvalue weighted by Crippen LogP contribution is 2.38. The van der Waals surface area contributed by atoms with E-state index in [0.717, 1.165) is 0 Å². The molecule has 0 amide bonds. The van der Waals surface area contributed by atoms with Gasteiger partial charge in [-0.3, -0.25) is 0 Å². The Morgan fingerprint density at radius 2 is 0.600 bits per heavy atom. The van der Waals surface area contributed by atoms with Crippen molar-refractivity contribution in [1.29, 1.82) is 0 Å². The highest BCUT2D eigenvalue weighted by atomic mass is 16.8. The molecule has 0 bridgehead atoms. The molecule has 8 aromatic rings. The Kier molecular flexibility index (Phi) is 21.6. The Balaban J connectivity index is 1.01. The maximum Gasteiger partial charge on any atom is 0.338 e. The van der Waals surface area contributed by atoms with E-state index in [4.69, 9.17) is 61.6 Å². The lowest BCUT2D eigenvalue weighted by Crippen LogP contribution is -2.66. The van der Waals surface area contributed by atoms with E-state index in [1.165, 1.54) is 104 Å². The number of rotatable bonds is 21. The van der Waals surface area contributed by atoms with Crippen LogP contribution >= 0.6 is 0 Å². The maximum atomic E-state index is 14.6. The van der Waals surface area contributed by atoms with E-state index >= 15 is 0 Å². The summed E-state index contributed by atoms with van der Waals surface area (Å²) in [5.41, 5.74) is 0.258. The van der Waals surface area contributed by atoms with Gasteiger partial charge in [0.25, 0.3) is 0 Å². The van der Waals surface area contributed by atoms with Gasteiger partial charge in [-0.1, -0.05) is 146 Å². The summed E-state index contributed by atoms with van der Waals surface area (Å²) >= 11 is 0. The first-order valence-corrected chi connectivity index (χ1v) is 30.2. The molecule has 3 aliphatic heterocycles. The van der Waals surface area contributed by atoms with E-state index in [1.54, 1.807) is 146 Å². The topological polar surface area (TPSA) is 277 Å². The lowest BCUT2D eigenvalue weighted by atomic mass is 9.96. The molecule has 3 fully saturated rings. The molecule has 0 spiro atoms. The first kappa shape index (κ1) is 65.8. The minimum Gasteiger partial charge on any atom is -0.459 e. The van der Waals surface area contributed by atoms with Crippen molar-refractivity contribution in [3.8, 4) is 0 Å². The third-order valence-electron chi connectivity index (χ3n) is 15.5. The number of benzene rings is 8. The van der Waals surface area contributed by atoms with Gasteiger partial charge in [0, 0.05) is 0 Å². The van der Waals surface area contributed by atoms with Crippen molar-refractivity contribution < 1.29 is 105 Å². The Bertz CT molecular complexity index is 3890. The molecule has 22 nitrogen and oxygen atoms in total. The third kappa shape index (κ3) is 16.4. The number of carbonyl (C=O) groups excluding carboxylic acids is 8. The fraction of sp³-hybridized carbons (Fsp3) is 0.233. The van der Waals surface area contributed by atoms with Crippen LogP contribution in [-0.2, 0) is 61.6 Å². The van der Waals surface area contributed by atoms with Gasteiger partial charge in [0.1, 0.15) is 18.8 Å². The van der Waals surface area contributed by atoms with Crippen LogP contribution in [-0.4, -0.2) is 152 Å². The van der Waals surface area contributed by atoms with Gasteiger partial charge in [-0.15, -0.1) is 0 Å². The van der Waals surface area contributed by atoms with Gasteiger partial charge in [0.05, 0.1) is 57.2 Å². The van der Waals surface area contributed by atoms with Gasteiger partial charge in [-0.2, -0.15) is 0 Å². The third-order valence-corrected chi connectivity index (χ3v) is 15.5. The van der Waals surface area contributed by atoms with Gasteiger partial charge in [-0.05, 0) is 104 Å². The summed E-state index contributed by atoms with van der Waals surface area (Å²) in [6.45, 7) is 0.000543. The highest BCUT2D eigenvalue weighted by Gasteiger charge is 2.58. The average Bonchev–Trinajstić information content (AvgIpc) is 0.779. The van der Waals surface area contributed by atoms with Crippen LogP contribution in [0.5, 0.6) is 0 Å².